The Hall–Kier alpha value is -2.93. The van der Waals surface area contributed by atoms with Crippen LogP contribution in [-0.2, 0) is 10.2 Å². The molecule has 2 N–H and O–H groups in total. The van der Waals surface area contributed by atoms with Crippen LogP contribution in [-0.4, -0.2) is 61.0 Å². The maximum atomic E-state index is 13.0. The van der Waals surface area contributed by atoms with Crippen LogP contribution in [0, 0.1) is 5.92 Å². The van der Waals surface area contributed by atoms with Gasteiger partial charge in [0.2, 0.25) is 5.91 Å². The summed E-state index contributed by atoms with van der Waals surface area (Å²) in [6.07, 6.45) is 1.68. The molecule has 0 spiro atoms. The second-order valence-corrected chi connectivity index (χ2v) is 10.2. The molecule has 1 aliphatic heterocycles. The fourth-order valence-electron chi connectivity index (χ4n) is 3.78. The maximum Gasteiger partial charge on any atom is 0.251 e. The highest BCUT2D eigenvalue weighted by molar-refractivity contribution is 6.01. The number of nitrogens with zero attached hydrogens (tertiary/aromatic N) is 3. The van der Waals surface area contributed by atoms with Crippen LogP contribution in [0.3, 0.4) is 0 Å². The molecule has 0 aliphatic carbocycles. The Morgan fingerprint density at radius 2 is 1.61 bits per heavy atom. The number of rotatable bonds is 6. The van der Waals surface area contributed by atoms with Gasteiger partial charge in [-0.1, -0.05) is 46.8 Å². The molecule has 178 valence electrons. The number of hydrogen-bond acceptors (Lipinski definition) is 5. The lowest BCUT2D eigenvalue weighted by molar-refractivity contribution is -0.118. The van der Waals surface area contributed by atoms with Gasteiger partial charge in [-0.05, 0) is 48.2 Å². The lowest BCUT2D eigenvalue weighted by Crippen LogP contribution is -2.47. The fraction of sp³-hybridized carbons (Fsp3) is 0.500. The summed E-state index contributed by atoms with van der Waals surface area (Å²) in [5.74, 6) is 0.334. The van der Waals surface area contributed by atoms with E-state index in [1.54, 1.807) is 6.20 Å². The molecule has 0 saturated carbocycles. The van der Waals surface area contributed by atoms with Crippen molar-refractivity contribution in [2.24, 2.45) is 5.92 Å². The monoisotopic (exact) mass is 451 g/mol. The number of likely N-dealkylation sites (N-methyl/N-ethyl adjacent to an activating group) is 1. The quantitative estimate of drug-likeness (QED) is 0.703. The molecule has 1 aromatic heterocycles. The molecule has 1 aromatic carbocycles. The molecule has 33 heavy (non-hydrogen) atoms. The van der Waals surface area contributed by atoms with Crippen molar-refractivity contribution in [1.82, 2.24) is 15.2 Å². The average molecular weight is 452 g/mol. The molecular formula is C26H37N5O2. The van der Waals surface area contributed by atoms with Crippen LogP contribution < -0.4 is 15.5 Å². The molecule has 0 unspecified atom stereocenters. The SMILES string of the molecule is CC(C)[C@@H](NC(=O)c1ccc(C(C)(C)C)cc1)C(=O)Nc1ccc(N2CCN(C)CC2)nc1. The van der Waals surface area contributed by atoms with Gasteiger partial charge in [-0.15, -0.1) is 0 Å². The number of aromatic nitrogens is 1. The van der Waals surface area contributed by atoms with Crippen molar-refractivity contribution < 1.29 is 9.59 Å². The summed E-state index contributed by atoms with van der Waals surface area (Å²) in [4.78, 5) is 34.8. The first kappa shape index (κ1) is 24.7. The van der Waals surface area contributed by atoms with E-state index in [9.17, 15) is 9.59 Å². The molecular weight excluding hydrogens is 414 g/mol. The minimum atomic E-state index is -0.655. The fourth-order valence-corrected chi connectivity index (χ4v) is 3.78. The predicted octanol–water partition coefficient (Wildman–Crippen LogP) is 3.52. The second-order valence-electron chi connectivity index (χ2n) is 10.2. The van der Waals surface area contributed by atoms with Gasteiger partial charge in [0, 0.05) is 31.7 Å². The molecule has 7 nitrogen and oxygen atoms in total. The van der Waals surface area contributed by atoms with E-state index >= 15 is 0 Å². The summed E-state index contributed by atoms with van der Waals surface area (Å²) >= 11 is 0. The highest BCUT2D eigenvalue weighted by atomic mass is 16.2. The zero-order valence-corrected chi connectivity index (χ0v) is 20.7. The number of anilines is 2. The predicted molar refractivity (Wildman–Crippen MR) is 134 cm³/mol. The van der Waals surface area contributed by atoms with Crippen LogP contribution in [0.1, 0.15) is 50.5 Å². The Kier molecular flexibility index (Phi) is 7.74. The van der Waals surface area contributed by atoms with Crippen molar-refractivity contribution in [3.63, 3.8) is 0 Å². The zero-order valence-electron chi connectivity index (χ0n) is 20.7. The summed E-state index contributed by atoms with van der Waals surface area (Å²) in [5.41, 5.74) is 2.33. The average Bonchev–Trinajstić information content (AvgIpc) is 2.77. The highest BCUT2D eigenvalue weighted by Gasteiger charge is 2.25. The van der Waals surface area contributed by atoms with Crippen molar-refractivity contribution in [2.75, 3.05) is 43.4 Å². The Morgan fingerprint density at radius 3 is 2.12 bits per heavy atom. The van der Waals surface area contributed by atoms with Gasteiger partial charge in [0.1, 0.15) is 11.9 Å². The third-order valence-corrected chi connectivity index (χ3v) is 6.09. The molecule has 1 fully saturated rings. The minimum absolute atomic E-state index is 0.0172. The van der Waals surface area contributed by atoms with Gasteiger partial charge in [0.25, 0.3) is 5.91 Å². The first-order chi connectivity index (χ1) is 15.5. The van der Waals surface area contributed by atoms with E-state index in [0.29, 0.717) is 11.3 Å². The Morgan fingerprint density at radius 1 is 0.970 bits per heavy atom. The zero-order chi connectivity index (χ0) is 24.2. The number of carbonyl (C=O) groups excluding carboxylic acids is 2. The number of carbonyl (C=O) groups is 2. The maximum absolute atomic E-state index is 13.0. The van der Waals surface area contributed by atoms with Crippen molar-refractivity contribution in [3.8, 4) is 0 Å². The number of benzene rings is 1. The van der Waals surface area contributed by atoms with Crippen LogP contribution >= 0.6 is 0 Å². The third-order valence-electron chi connectivity index (χ3n) is 6.09. The summed E-state index contributed by atoms with van der Waals surface area (Å²) in [5, 5.41) is 5.80. The number of nitrogens with one attached hydrogen (secondary N) is 2. The minimum Gasteiger partial charge on any atom is -0.354 e. The van der Waals surface area contributed by atoms with Gasteiger partial charge >= 0.3 is 0 Å². The van der Waals surface area contributed by atoms with Crippen LogP contribution in [0.5, 0.6) is 0 Å². The first-order valence-corrected chi connectivity index (χ1v) is 11.7. The summed E-state index contributed by atoms with van der Waals surface area (Å²) in [6.45, 7) is 14.1. The van der Waals surface area contributed by atoms with Gasteiger partial charge < -0.3 is 20.4 Å². The van der Waals surface area contributed by atoms with Crippen LogP contribution in [0.25, 0.3) is 0 Å². The summed E-state index contributed by atoms with van der Waals surface area (Å²) in [7, 11) is 2.12. The largest absolute Gasteiger partial charge is 0.354 e. The van der Waals surface area contributed by atoms with E-state index < -0.39 is 6.04 Å². The van der Waals surface area contributed by atoms with Gasteiger partial charge in [-0.25, -0.2) is 4.98 Å². The van der Waals surface area contributed by atoms with Gasteiger partial charge in [-0.2, -0.15) is 0 Å². The molecule has 0 radical (unpaired) electrons. The van der Waals surface area contributed by atoms with Gasteiger partial charge in [0.05, 0.1) is 11.9 Å². The van der Waals surface area contributed by atoms with E-state index in [1.165, 1.54) is 0 Å². The van der Waals surface area contributed by atoms with E-state index in [0.717, 1.165) is 37.6 Å². The van der Waals surface area contributed by atoms with Crippen molar-refractivity contribution in [2.45, 2.75) is 46.1 Å². The van der Waals surface area contributed by atoms with Crippen LogP contribution in [0.15, 0.2) is 42.6 Å². The summed E-state index contributed by atoms with van der Waals surface area (Å²) < 4.78 is 0. The van der Waals surface area contributed by atoms with Gasteiger partial charge in [0.15, 0.2) is 0 Å². The molecule has 0 bridgehead atoms. The highest BCUT2D eigenvalue weighted by Crippen LogP contribution is 2.22. The summed E-state index contributed by atoms with van der Waals surface area (Å²) in [6, 6.07) is 10.7. The van der Waals surface area contributed by atoms with E-state index in [4.69, 9.17) is 0 Å². The Balaban J connectivity index is 1.62. The number of hydrogen-bond donors (Lipinski definition) is 2. The second kappa shape index (κ2) is 10.3. The molecule has 1 atom stereocenters. The van der Waals surface area contributed by atoms with Crippen molar-refractivity contribution >= 4 is 23.3 Å². The number of piperazine rings is 1. The Labute approximate surface area is 197 Å². The molecule has 1 aliphatic rings. The van der Waals surface area contributed by atoms with E-state index in [2.05, 4.69) is 53.2 Å². The molecule has 1 saturated heterocycles. The standard InChI is InChI=1S/C26H37N5O2/c1-18(2)23(29-24(32)19-7-9-20(10-8-19)26(3,4)5)25(33)28-21-11-12-22(27-17-21)31-15-13-30(6)14-16-31/h7-12,17-18,23H,13-16H2,1-6H3,(H,28,33)(H,29,32)/t23-/m1/s1. The van der Waals surface area contributed by atoms with E-state index in [-0.39, 0.29) is 23.1 Å². The normalized spacial score (nSPS) is 15.9. The number of amides is 2. The van der Waals surface area contributed by atoms with Gasteiger partial charge in [-0.3, -0.25) is 9.59 Å². The molecule has 2 aromatic rings. The van der Waals surface area contributed by atoms with E-state index in [1.807, 2.05) is 50.2 Å². The van der Waals surface area contributed by atoms with Crippen molar-refractivity contribution in [3.05, 3.63) is 53.7 Å². The molecule has 2 amide bonds. The Bertz CT molecular complexity index is 940. The van der Waals surface area contributed by atoms with Crippen LogP contribution in [0.4, 0.5) is 11.5 Å². The third kappa shape index (κ3) is 6.54. The lowest BCUT2D eigenvalue weighted by atomic mass is 9.86. The molecule has 7 heteroatoms. The first-order valence-electron chi connectivity index (χ1n) is 11.7. The smallest absolute Gasteiger partial charge is 0.251 e. The topological polar surface area (TPSA) is 77.6 Å². The van der Waals surface area contributed by atoms with Crippen molar-refractivity contribution in [1.29, 1.82) is 0 Å². The lowest BCUT2D eigenvalue weighted by Gasteiger charge is -2.33. The molecule has 3 rings (SSSR count). The number of pyridine rings is 1. The molecule has 2 heterocycles. The van der Waals surface area contributed by atoms with Crippen LogP contribution in [0.2, 0.25) is 0 Å².